The van der Waals surface area contributed by atoms with E-state index in [4.69, 9.17) is 4.74 Å². The summed E-state index contributed by atoms with van der Waals surface area (Å²) in [5, 5.41) is 0. The first-order valence-electron chi connectivity index (χ1n) is 8.80. The summed E-state index contributed by atoms with van der Waals surface area (Å²) in [5.74, 6) is 1.97. The lowest BCUT2D eigenvalue weighted by molar-refractivity contribution is -0.133. The maximum Gasteiger partial charge on any atom is 0.226 e. The molecular weight excluding hydrogens is 290 g/mol. The number of rotatable bonds is 1. The Balaban J connectivity index is 1.42. The average molecular weight is 311 g/mol. The van der Waals surface area contributed by atoms with Crippen molar-refractivity contribution in [2.75, 3.05) is 13.1 Å². The Morgan fingerprint density at radius 1 is 1.22 bits per heavy atom. The Kier molecular flexibility index (Phi) is 2.71. The first kappa shape index (κ1) is 13.6. The second kappa shape index (κ2) is 4.59. The smallest absolute Gasteiger partial charge is 0.226 e. The van der Waals surface area contributed by atoms with Crippen LogP contribution in [0.25, 0.3) is 0 Å². The van der Waals surface area contributed by atoms with Crippen molar-refractivity contribution in [2.45, 2.75) is 37.7 Å². The highest BCUT2D eigenvalue weighted by Crippen LogP contribution is 2.66. The summed E-state index contributed by atoms with van der Waals surface area (Å²) in [6, 6.07) is 7.53. The van der Waals surface area contributed by atoms with Gasteiger partial charge in [0.05, 0.1) is 12.0 Å². The topological polar surface area (TPSA) is 46.6 Å². The van der Waals surface area contributed by atoms with Crippen LogP contribution in [0.3, 0.4) is 0 Å². The average Bonchev–Trinajstić information content (AvgIpc) is 2.89. The van der Waals surface area contributed by atoms with Gasteiger partial charge in [-0.1, -0.05) is 12.1 Å². The summed E-state index contributed by atoms with van der Waals surface area (Å²) in [6.45, 7) is 1.81. The molecule has 4 heteroatoms. The quantitative estimate of drug-likeness (QED) is 0.801. The van der Waals surface area contributed by atoms with Gasteiger partial charge in [-0.05, 0) is 43.7 Å². The number of ether oxygens (including phenoxy) is 1. The van der Waals surface area contributed by atoms with Gasteiger partial charge in [0.15, 0.2) is 5.78 Å². The van der Waals surface area contributed by atoms with E-state index in [2.05, 4.69) is 0 Å². The number of nitrogens with zero attached hydrogens (tertiary/aromatic N) is 1. The first-order valence-corrected chi connectivity index (χ1v) is 8.80. The Hall–Kier alpha value is -1.84. The molecule has 1 aromatic carbocycles. The normalized spacial score (nSPS) is 37.5. The third-order valence-corrected chi connectivity index (χ3v) is 6.34. The number of benzene rings is 1. The minimum Gasteiger partial charge on any atom is -0.486 e. The van der Waals surface area contributed by atoms with E-state index < -0.39 is 5.60 Å². The summed E-state index contributed by atoms with van der Waals surface area (Å²) in [6.07, 6.45) is 4.62. The maximum atomic E-state index is 12.8. The lowest BCUT2D eigenvalue weighted by atomic mass is 9.84. The van der Waals surface area contributed by atoms with Crippen molar-refractivity contribution in [3.63, 3.8) is 0 Å². The van der Waals surface area contributed by atoms with Crippen LogP contribution in [0.5, 0.6) is 5.75 Å². The van der Waals surface area contributed by atoms with Crippen molar-refractivity contribution in [3.05, 3.63) is 29.8 Å². The zero-order valence-electron chi connectivity index (χ0n) is 13.2. The van der Waals surface area contributed by atoms with E-state index >= 15 is 0 Å². The van der Waals surface area contributed by atoms with Gasteiger partial charge < -0.3 is 9.64 Å². The van der Waals surface area contributed by atoms with E-state index in [0.717, 1.165) is 38.8 Å². The predicted molar refractivity (Wildman–Crippen MR) is 84.3 cm³/mol. The second-order valence-electron chi connectivity index (χ2n) is 7.55. The van der Waals surface area contributed by atoms with Gasteiger partial charge >= 0.3 is 0 Å². The van der Waals surface area contributed by atoms with Crippen LogP contribution >= 0.6 is 0 Å². The maximum absolute atomic E-state index is 12.8. The summed E-state index contributed by atoms with van der Waals surface area (Å²) in [4.78, 5) is 27.4. The highest BCUT2D eigenvalue weighted by Gasteiger charge is 2.71. The standard InChI is InChI=1S/C19H21NO3/c21-14-11-19(23-15-6-2-1-5-12(14)15)8-7-13-16(17(13)19)18(22)20-9-3-4-10-20/h1-2,5-6,13,16-17H,3-4,7-11H2/t13-,16+,17+,19-/m0/s1. The molecule has 2 aliphatic carbocycles. The van der Waals surface area contributed by atoms with Crippen molar-refractivity contribution >= 4 is 11.7 Å². The number of fused-ring (bicyclic) bond motifs is 3. The Morgan fingerprint density at radius 2 is 2.00 bits per heavy atom. The fraction of sp³-hybridized carbons (Fsp3) is 0.579. The molecule has 120 valence electrons. The van der Waals surface area contributed by atoms with E-state index in [9.17, 15) is 9.59 Å². The van der Waals surface area contributed by atoms with Gasteiger partial charge in [0.1, 0.15) is 11.4 Å². The number of carbonyl (C=O) groups is 2. The summed E-state index contributed by atoms with van der Waals surface area (Å²) in [5.41, 5.74) is 0.278. The Labute approximate surface area is 135 Å². The molecule has 1 amide bonds. The number of likely N-dealkylation sites (tertiary alicyclic amines) is 1. The molecule has 1 spiro atoms. The zero-order valence-corrected chi connectivity index (χ0v) is 13.2. The molecule has 0 unspecified atom stereocenters. The van der Waals surface area contributed by atoms with Crippen molar-refractivity contribution < 1.29 is 14.3 Å². The fourth-order valence-corrected chi connectivity index (χ4v) is 5.25. The van der Waals surface area contributed by atoms with Crippen LogP contribution in [0, 0.1) is 17.8 Å². The van der Waals surface area contributed by atoms with Gasteiger partial charge in [-0.3, -0.25) is 9.59 Å². The molecule has 0 aromatic heterocycles. The number of hydrogen-bond acceptors (Lipinski definition) is 3. The van der Waals surface area contributed by atoms with E-state index in [-0.39, 0.29) is 17.6 Å². The third kappa shape index (κ3) is 1.84. The monoisotopic (exact) mass is 311 g/mol. The Morgan fingerprint density at radius 3 is 2.83 bits per heavy atom. The molecular formula is C19H21NO3. The second-order valence-corrected chi connectivity index (χ2v) is 7.55. The SMILES string of the molecule is O=C1C[C@]2(CC[C@H]3[C@@H](C(=O)N4CCCC4)[C@@H]32)Oc2ccccc21. The molecule has 5 rings (SSSR count). The van der Waals surface area contributed by atoms with Crippen LogP contribution in [0.2, 0.25) is 0 Å². The molecule has 4 aliphatic rings. The number of para-hydroxylation sites is 1. The van der Waals surface area contributed by atoms with Gasteiger partial charge in [0, 0.05) is 24.9 Å². The van der Waals surface area contributed by atoms with Crippen molar-refractivity contribution in [3.8, 4) is 5.75 Å². The summed E-state index contributed by atoms with van der Waals surface area (Å²) >= 11 is 0. The number of Topliss-reactive ketones (excluding diaryl/α,β-unsaturated/α-hetero) is 1. The molecule has 2 heterocycles. The van der Waals surface area contributed by atoms with E-state index in [1.165, 1.54) is 0 Å². The van der Waals surface area contributed by atoms with E-state index in [0.29, 0.717) is 29.6 Å². The minimum atomic E-state index is -0.420. The number of carbonyl (C=O) groups excluding carboxylic acids is 2. The molecule has 3 fully saturated rings. The van der Waals surface area contributed by atoms with Crippen LogP contribution in [0.4, 0.5) is 0 Å². The molecule has 23 heavy (non-hydrogen) atoms. The van der Waals surface area contributed by atoms with Gasteiger partial charge in [0.2, 0.25) is 5.91 Å². The van der Waals surface area contributed by atoms with Crippen LogP contribution in [-0.4, -0.2) is 35.3 Å². The van der Waals surface area contributed by atoms with Gasteiger partial charge in [-0.2, -0.15) is 0 Å². The lowest BCUT2D eigenvalue weighted by Crippen LogP contribution is -2.44. The Bertz CT molecular complexity index is 694. The minimum absolute atomic E-state index is 0.0971. The van der Waals surface area contributed by atoms with Crippen molar-refractivity contribution in [1.82, 2.24) is 4.90 Å². The molecule has 0 bridgehead atoms. The number of hydrogen-bond donors (Lipinski definition) is 0. The molecule has 4 atom stereocenters. The first-order chi connectivity index (χ1) is 11.2. The van der Waals surface area contributed by atoms with E-state index in [1.807, 2.05) is 29.2 Å². The van der Waals surface area contributed by atoms with Crippen LogP contribution in [0.1, 0.15) is 42.5 Å². The van der Waals surface area contributed by atoms with Gasteiger partial charge in [0.25, 0.3) is 0 Å². The fourth-order valence-electron chi connectivity index (χ4n) is 5.25. The van der Waals surface area contributed by atoms with Crippen LogP contribution in [-0.2, 0) is 4.79 Å². The van der Waals surface area contributed by atoms with Crippen molar-refractivity contribution in [2.24, 2.45) is 17.8 Å². The van der Waals surface area contributed by atoms with Gasteiger partial charge in [-0.25, -0.2) is 0 Å². The van der Waals surface area contributed by atoms with Crippen molar-refractivity contribution in [1.29, 1.82) is 0 Å². The molecule has 0 N–H and O–H groups in total. The largest absolute Gasteiger partial charge is 0.486 e. The summed E-state index contributed by atoms with van der Waals surface area (Å²) in [7, 11) is 0. The molecule has 0 radical (unpaired) electrons. The molecule has 2 aliphatic heterocycles. The van der Waals surface area contributed by atoms with E-state index in [1.54, 1.807) is 0 Å². The molecule has 1 aromatic rings. The van der Waals surface area contributed by atoms with Crippen LogP contribution < -0.4 is 4.74 Å². The van der Waals surface area contributed by atoms with Crippen LogP contribution in [0.15, 0.2) is 24.3 Å². The number of amides is 1. The zero-order chi connectivity index (χ0) is 15.6. The number of ketones is 1. The molecule has 4 nitrogen and oxygen atoms in total. The molecule has 2 saturated carbocycles. The highest BCUT2D eigenvalue weighted by molar-refractivity contribution is 6.00. The predicted octanol–water partition coefficient (Wildman–Crippen LogP) is 2.67. The highest BCUT2D eigenvalue weighted by atomic mass is 16.5. The third-order valence-electron chi connectivity index (χ3n) is 6.34. The summed E-state index contributed by atoms with van der Waals surface area (Å²) < 4.78 is 6.36. The van der Waals surface area contributed by atoms with Gasteiger partial charge in [-0.15, -0.1) is 0 Å². The molecule has 1 saturated heterocycles. The lowest BCUT2D eigenvalue weighted by Gasteiger charge is -2.37.